The second-order valence-corrected chi connectivity index (χ2v) is 11.4. The van der Waals surface area contributed by atoms with Crippen molar-refractivity contribution in [2.45, 2.75) is 104 Å². The van der Waals surface area contributed by atoms with Crippen molar-refractivity contribution in [2.24, 2.45) is 5.92 Å². The molecule has 35 heavy (non-hydrogen) atoms. The Balaban J connectivity index is 2.55. The highest BCUT2D eigenvalue weighted by Crippen LogP contribution is 2.37. The van der Waals surface area contributed by atoms with Crippen LogP contribution in [-0.4, -0.2) is 46.0 Å². The van der Waals surface area contributed by atoms with Gasteiger partial charge in [-0.15, -0.1) is 6.42 Å². The van der Waals surface area contributed by atoms with Gasteiger partial charge in [-0.1, -0.05) is 44.4 Å². The maximum atomic E-state index is 14.1. The summed E-state index contributed by atoms with van der Waals surface area (Å²) in [6, 6.07) is 5.31. The van der Waals surface area contributed by atoms with Crippen molar-refractivity contribution < 1.29 is 19.1 Å². The van der Waals surface area contributed by atoms with E-state index in [0.717, 1.165) is 12.8 Å². The first-order valence-corrected chi connectivity index (χ1v) is 12.4. The summed E-state index contributed by atoms with van der Waals surface area (Å²) in [7, 11) is 0. The number of carbonyl (C=O) groups excluding carboxylic acids is 3. The van der Waals surface area contributed by atoms with Gasteiger partial charge in [-0.25, -0.2) is 4.79 Å². The second-order valence-electron chi connectivity index (χ2n) is 11.4. The van der Waals surface area contributed by atoms with Crippen LogP contribution >= 0.6 is 0 Å². The number of terminal acetylenes is 1. The molecule has 0 radical (unpaired) electrons. The van der Waals surface area contributed by atoms with Gasteiger partial charge in [0, 0.05) is 17.1 Å². The van der Waals surface area contributed by atoms with E-state index in [1.807, 2.05) is 46.8 Å². The summed E-state index contributed by atoms with van der Waals surface area (Å²) in [4.78, 5) is 42.1. The number of amides is 3. The lowest BCUT2D eigenvalue weighted by atomic mass is 9.93. The lowest BCUT2D eigenvalue weighted by Crippen LogP contribution is -2.57. The number of alkyl carbamates (subject to hydrolysis) is 1. The van der Waals surface area contributed by atoms with Crippen molar-refractivity contribution in [1.82, 2.24) is 15.5 Å². The number of nitrogens with one attached hydrogen (secondary N) is 2. The van der Waals surface area contributed by atoms with E-state index in [4.69, 9.17) is 11.2 Å². The van der Waals surface area contributed by atoms with E-state index in [0.29, 0.717) is 17.5 Å². The van der Waals surface area contributed by atoms with Crippen LogP contribution in [0, 0.1) is 18.3 Å². The van der Waals surface area contributed by atoms with Gasteiger partial charge in [-0.2, -0.15) is 0 Å². The highest BCUT2D eigenvalue weighted by molar-refractivity contribution is 5.93. The molecule has 3 atom stereocenters. The maximum absolute atomic E-state index is 14.1. The molecular weight excluding hydrogens is 442 g/mol. The molecule has 0 spiro atoms. The minimum absolute atomic E-state index is 0.115. The number of nitrogens with zero attached hydrogens (tertiary/aromatic N) is 1. The van der Waals surface area contributed by atoms with Gasteiger partial charge < -0.3 is 20.3 Å². The van der Waals surface area contributed by atoms with Crippen molar-refractivity contribution in [3.05, 3.63) is 35.4 Å². The monoisotopic (exact) mass is 483 g/mol. The number of carbonyl (C=O) groups is 3. The third-order valence-corrected chi connectivity index (χ3v) is 5.78. The number of benzene rings is 1. The smallest absolute Gasteiger partial charge is 0.408 e. The van der Waals surface area contributed by atoms with E-state index in [1.165, 1.54) is 0 Å². The molecule has 0 aromatic heterocycles. The molecule has 1 aromatic carbocycles. The molecule has 7 heteroatoms. The molecule has 1 saturated carbocycles. The van der Waals surface area contributed by atoms with Gasteiger partial charge >= 0.3 is 6.09 Å². The molecule has 0 aliphatic heterocycles. The summed E-state index contributed by atoms with van der Waals surface area (Å²) in [6.07, 6.45) is 7.34. The van der Waals surface area contributed by atoms with Gasteiger partial charge in [0.05, 0.1) is 0 Å². The van der Waals surface area contributed by atoms with E-state index in [2.05, 4.69) is 16.6 Å². The largest absolute Gasteiger partial charge is 0.444 e. The van der Waals surface area contributed by atoms with Gasteiger partial charge in [0.25, 0.3) is 0 Å². The average molecular weight is 484 g/mol. The summed E-state index contributed by atoms with van der Waals surface area (Å²) < 4.78 is 5.44. The zero-order chi connectivity index (χ0) is 26.6. The summed E-state index contributed by atoms with van der Waals surface area (Å²) in [5.74, 6) is 1.87. The lowest BCUT2D eigenvalue weighted by molar-refractivity contribution is -0.144. The van der Waals surface area contributed by atoms with Crippen molar-refractivity contribution >= 4 is 17.9 Å². The minimum atomic E-state index is -0.923. The molecule has 7 nitrogen and oxygen atoms in total. The van der Waals surface area contributed by atoms with Crippen molar-refractivity contribution in [2.75, 3.05) is 0 Å². The maximum Gasteiger partial charge on any atom is 0.408 e. The number of hydrogen-bond donors (Lipinski definition) is 2. The van der Waals surface area contributed by atoms with Crippen molar-refractivity contribution in [1.29, 1.82) is 0 Å². The van der Waals surface area contributed by atoms with Crippen LogP contribution in [0.5, 0.6) is 0 Å². The molecule has 0 saturated heterocycles. The molecule has 1 aliphatic rings. The summed E-state index contributed by atoms with van der Waals surface area (Å²) in [5, 5.41) is 5.81. The first kappa shape index (κ1) is 28.2. The predicted molar refractivity (Wildman–Crippen MR) is 137 cm³/mol. The Morgan fingerprint density at radius 2 is 1.74 bits per heavy atom. The Labute approximate surface area is 210 Å². The summed E-state index contributed by atoms with van der Waals surface area (Å²) >= 11 is 0. The van der Waals surface area contributed by atoms with Crippen LogP contribution in [0.25, 0.3) is 0 Å². The van der Waals surface area contributed by atoms with Crippen LogP contribution in [0.4, 0.5) is 4.79 Å². The van der Waals surface area contributed by atoms with E-state index < -0.39 is 29.3 Å². The van der Waals surface area contributed by atoms with Crippen LogP contribution in [0.2, 0.25) is 0 Å². The first-order chi connectivity index (χ1) is 16.2. The molecule has 2 N–H and O–H groups in total. The highest BCUT2D eigenvalue weighted by Gasteiger charge is 2.46. The molecule has 0 bridgehead atoms. The van der Waals surface area contributed by atoms with Gasteiger partial charge in [0.15, 0.2) is 0 Å². The van der Waals surface area contributed by atoms with Crippen molar-refractivity contribution in [3.8, 4) is 12.3 Å². The lowest BCUT2D eigenvalue weighted by Gasteiger charge is -2.37. The zero-order valence-corrected chi connectivity index (χ0v) is 22.4. The highest BCUT2D eigenvalue weighted by atomic mass is 16.6. The molecule has 1 fully saturated rings. The van der Waals surface area contributed by atoms with Gasteiger partial charge in [0.2, 0.25) is 11.8 Å². The number of rotatable bonds is 8. The Morgan fingerprint density at radius 1 is 1.14 bits per heavy atom. The van der Waals surface area contributed by atoms with Gasteiger partial charge in [0.1, 0.15) is 17.7 Å². The van der Waals surface area contributed by atoms with Crippen molar-refractivity contribution in [3.63, 3.8) is 0 Å². The SMILES string of the molecule is C#Cc1ccccc1C(C(=O)NC(C)(C)C)N(C(=O)C(NC(=O)OC(C)(C)C)C(C)CC)C1CC1. The van der Waals surface area contributed by atoms with Crippen LogP contribution < -0.4 is 10.6 Å². The minimum Gasteiger partial charge on any atom is -0.444 e. The molecule has 192 valence electrons. The van der Waals surface area contributed by atoms with E-state index in [9.17, 15) is 14.4 Å². The topological polar surface area (TPSA) is 87.7 Å². The Morgan fingerprint density at radius 3 is 2.23 bits per heavy atom. The number of hydrogen-bond acceptors (Lipinski definition) is 4. The predicted octanol–water partition coefficient (Wildman–Crippen LogP) is 4.55. The van der Waals surface area contributed by atoms with E-state index in [-0.39, 0.29) is 23.8 Å². The quantitative estimate of drug-likeness (QED) is 0.531. The number of ether oxygens (including phenoxy) is 1. The standard InChI is InChI=1S/C28H41N3O4/c1-10-18(3)22(29-26(34)35-28(7,8)9)25(33)31(20-16-17-20)23(24(32)30-27(4,5)6)21-15-13-12-14-19(21)11-2/h2,12-15,18,20,22-23H,10,16-17H2,1,3-9H3,(H,29,34)(H,30,32). The molecule has 2 rings (SSSR count). The molecule has 0 heterocycles. The summed E-state index contributed by atoms with van der Waals surface area (Å²) in [5.41, 5.74) is -0.0642. The zero-order valence-electron chi connectivity index (χ0n) is 22.4. The average Bonchev–Trinajstić information content (AvgIpc) is 3.57. The summed E-state index contributed by atoms with van der Waals surface area (Å²) in [6.45, 7) is 14.9. The molecule has 1 aliphatic carbocycles. The molecule has 3 unspecified atom stereocenters. The van der Waals surface area contributed by atoms with Gasteiger partial charge in [-0.3, -0.25) is 9.59 Å². The molecular formula is C28H41N3O4. The first-order valence-electron chi connectivity index (χ1n) is 12.4. The van der Waals surface area contributed by atoms with E-state index >= 15 is 0 Å². The fourth-order valence-electron chi connectivity index (χ4n) is 3.87. The third kappa shape index (κ3) is 8.02. The fourth-order valence-corrected chi connectivity index (χ4v) is 3.87. The normalized spacial score (nSPS) is 16.3. The molecule has 1 aromatic rings. The Hall–Kier alpha value is -3.01. The Bertz CT molecular complexity index is 964. The fraction of sp³-hybridized carbons (Fsp3) is 0.607. The van der Waals surface area contributed by atoms with E-state index in [1.54, 1.807) is 37.8 Å². The third-order valence-electron chi connectivity index (χ3n) is 5.78. The van der Waals surface area contributed by atoms with Crippen LogP contribution in [-0.2, 0) is 14.3 Å². The van der Waals surface area contributed by atoms with Crippen LogP contribution in [0.3, 0.4) is 0 Å². The van der Waals surface area contributed by atoms with Crippen LogP contribution in [0.15, 0.2) is 24.3 Å². The van der Waals surface area contributed by atoms with Crippen LogP contribution in [0.1, 0.15) is 91.8 Å². The molecule has 3 amide bonds. The van der Waals surface area contributed by atoms with Gasteiger partial charge in [-0.05, 0) is 71.9 Å². The second kappa shape index (κ2) is 11.2. The Kier molecular flexibility index (Phi) is 9.00.